The number of carbonyl (C=O) groups is 1. The van der Waals surface area contributed by atoms with Gasteiger partial charge in [0.2, 0.25) is 0 Å². The summed E-state index contributed by atoms with van der Waals surface area (Å²) in [5, 5.41) is 3.03. The van der Waals surface area contributed by atoms with Gasteiger partial charge in [-0.1, -0.05) is 0 Å². The molecule has 0 saturated carbocycles. The summed E-state index contributed by atoms with van der Waals surface area (Å²) in [6.45, 7) is 0. The first kappa shape index (κ1) is 9.20. The zero-order valence-electron chi connectivity index (χ0n) is 7.54. The number of carbonyl (C=O) groups excluding carboxylic acids is 1. The van der Waals surface area contributed by atoms with Gasteiger partial charge in [-0.05, 0) is 12.1 Å². The predicted molar refractivity (Wildman–Crippen MR) is 52.8 cm³/mol. The zero-order chi connectivity index (χ0) is 10.7. The number of hydrogen-bond acceptors (Lipinski definition) is 5. The van der Waals surface area contributed by atoms with Crippen LogP contribution in [0.25, 0.3) is 10.9 Å². The maximum atomic E-state index is 11.2. The number of pyridine rings is 2. The van der Waals surface area contributed by atoms with Crippen LogP contribution in [0.3, 0.4) is 0 Å². The largest absolute Gasteiger partial charge is 0.275 e. The third-order valence-electron chi connectivity index (χ3n) is 1.89. The standard InChI is InChI=1S/C9H6N4O2/c14-9(12-13-15)7-3-6-4-10-2-1-8(6)11-5-7/h1-5H,(H,12,14,15). The minimum Gasteiger partial charge on any atom is -0.267 e. The Morgan fingerprint density at radius 2 is 2.27 bits per heavy atom. The second-order valence-electron chi connectivity index (χ2n) is 2.82. The predicted octanol–water partition coefficient (Wildman–Crippen LogP) is 1.04. The lowest BCUT2D eigenvalue weighted by Gasteiger charge is -1.99. The summed E-state index contributed by atoms with van der Waals surface area (Å²) >= 11 is 0. The molecule has 2 rings (SSSR count). The van der Waals surface area contributed by atoms with Crippen molar-refractivity contribution >= 4 is 16.8 Å². The number of rotatable bonds is 2. The van der Waals surface area contributed by atoms with Gasteiger partial charge >= 0.3 is 0 Å². The molecular formula is C9H6N4O2. The summed E-state index contributed by atoms with van der Waals surface area (Å²) in [4.78, 5) is 29.0. The Labute approximate surface area is 84.3 Å². The molecule has 0 aliphatic rings. The van der Waals surface area contributed by atoms with Crippen molar-refractivity contribution in [2.75, 3.05) is 0 Å². The Morgan fingerprint density at radius 3 is 3.07 bits per heavy atom. The molecule has 6 heteroatoms. The highest BCUT2D eigenvalue weighted by Crippen LogP contribution is 2.10. The Balaban J connectivity index is 2.46. The van der Waals surface area contributed by atoms with E-state index >= 15 is 0 Å². The topological polar surface area (TPSA) is 84.3 Å². The van der Waals surface area contributed by atoms with Crippen LogP contribution in [0.15, 0.2) is 36.0 Å². The summed E-state index contributed by atoms with van der Waals surface area (Å²) in [6, 6.07) is 3.32. The molecule has 0 bridgehead atoms. The fourth-order valence-electron chi connectivity index (χ4n) is 1.20. The Kier molecular flexibility index (Phi) is 2.32. The first-order valence-corrected chi connectivity index (χ1v) is 4.14. The second kappa shape index (κ2) is 3.79. The van der Waals surface area contributed by atoms with Crippen molar-refractivity contribution in [3.63, 3.8) is 0 Å². The average molecular weight is 202 g/mol. The van der Waals surface area contributed by atoms with Crippen molar-refractivity contribution in [1.82, 2.24) is 15.4 Å². The van der Waals surface area contributed by atoms with Crippen molar-refractivity contribution in [3.8, 4) is 0 Å². The fourth-order valence-corrected chi connectivity index (χ4v) is 1.20. The Hall–Kier alpha value is -2.37. The maximum absolute atomic E-state index is 11.2. The van der Waals surface area contributed by atoms with Crippen molar-refractivity contribution in [3.05, 3.63) is 41.2 Å². The molecular weight excluding hydrogens is 196 g/mol. The van der Waals surface area contributed by atoms with Gasteiger partial charge in [0.1, 0.15) is 0 Å². The minimum atomic E-state index is -0.580. The summed E-state index contributed by atoms with van der Waals surface area (Å²) in [5.41, 5.74) is 2.81. The SMILES string of the molecule is O=NNC(=O)c1cnc2ccncc2c1. The highest BCUT2D eigenvalue weighted by atomic mass is 16.3. The maximum Gasteiger partial charge on any atom is 0.275 e. The van der Waals surface area contributed by atoms with E-state index in [9.17, 15) is 9.70 Å². The lowest BCUT2D eigenvalue weighted by atomic mass is 10.2. The van der Waals surface area contributed by atoms with Gasteiger partial charge in [0.05, 0.1) is 16.4 Å². The number of nitrogens with zero attached hydrogens (tertiary/aromatic N) is 3. The van der Waals surface area contributed by atoms with E-state index in [0.717, 1.165) is 10.9 Å². The van der Waals surface area contributed by atoms with Crippen molar-refractivity contribution in [1.29, 1.82) is 0 Å². The average Bonchev–Trinajstić information content (AvgIpc) is 2.29. The van der Waals surface area contributed by atoms with Crippen LogP contribution < -0.4 is 5.43 Å². The van der Waals surface area contributed by atoms with Crippen LogP contribution in [-0.4, -0.2) is 15.9 Å². The molecule has 1 N–H and O–H groups in total. The van der Waals surface area contributed by atoms with Gasteiger partial charge in [0, 0.05) is 24.0 Å². The van der Waals surface area contributed by atoms with E-state index in [1.54, 1.807) is 30.0 Å². The first-order chi connectivity index (χ1) is 7.31. The molecule has 2 aromatic heterocycles. The molecule has 74 valence electrons. The fraction of sp³-hybridized carbons (Fsp3) is 0. The highest BCUT2D eigenvalue weighted by Gasteiger charge is 2.06. The molecule has 2 aromatic rings. The highest BCUT2D eigenvalue weighted by molar-refractivity contribution is 5.96. The van der Waals surface area contributed by atoms with Gasteiger partial charge in [-0.2, -0.15) is 0 Å². The van der Waals surface area contributed by atoms with Gasteiger partial charge in [0.25, 0.3) is 5.91 Å². The number of aromatic nitrogens is 2. The van der Waals surface area contributed by atoms with Gasteiger partial charge in [-0.3, -0.25) is 14.8 Å². The van der Waals surface area contributed by atoms with Gasteiger partial charge in [-0.15, -0.1) is 4.91 Å². The number of hydrogen-bond donors (Lipinski definition) is 1. The minimum absolute atomic E-state index is 0.273. The van der Waals surface area contributed by atoms with E-state index in [4.69, 9.17) is 0 Å². The molecule has 0 aromatic carbocycles. The second-order valence-corrected chi connectivity index (χ2v) is 2.82. The van der Waals surface area contributed by atoms with Crippen LogP contribution in [0.4, 0.5) is 0 Å². The van der Waals surface area contributed by atoms with E-state index in [2.05, 4.69) is 15.3 Å². The molecule has 0 fully saturated rings. The molecule has 0 spiro atoms. The van der Waals surface area contributed by atoms with Crippen molar-refractivity contribution in [2.45, 2.75) is 0 Å². The number of nitrogens with one attached hydrogen (secondary N) is 1. The Morgan fingerprint density at radius 1 is 1.40 bits per heavy atom. The number of fused-ring (bicyclic) bond motifs is 1. The van der Waals surface area contributed by atoms with Crippen LogP contribution >= 0.6 is 0 Å². The van der Waals surface area contributed by atoms with E-state index in [0.29, 0.717) is 0 Å². The van der Waals surface area contributed by atoms with Crippen LogP contribution in [0, 0.1) is 4.91 Å². The first-order valence-electron chi connectivity index (χ1n) is 4.14. The third-order valence-corrected chi connectivity index (χ3v) is 1.89. The van der Waals surface area contributed by atoms with Crippen LogP contribution in [0.2, 0.25) is 0 Å². The number of nitroso groups, excluding NO2 is 1. The van der Waals surface area contributed by atoms with Crippen molar-refractivity contribution < 1.29 is 4.79 Å². The molecule has 0 radical (unpaired) electrons. The monoisotopic (exact) mass is 202 g/mol. The smallest absolute Gasteiger partial charge is 0.267 e. The van der Waals surface area contributed by atoms with E-state index in [1.807, 2.05) is 0 Å². The summed E-state index contributed by atoms with van der Waals surface area (Å²) in [5.74, 6) is -0.580. The van der Waals surface area contributed by atoms with Crippen LogP contribution in [-0.2, 0) is 0 Å². The lowest BCUT2D eigenvalue weighted by Crippen LogP contribution is -2.16. The molecule has 1 amide bonds. The molecule has 0 unspecified atom stereocenters. The zero-order valence-corrected chi connectivity index (χ0v) is 7.54. The summed E-state index contributed by atoms with van der Waals surface area (Å²) < 4.78 is 0. The molecule has 0 aliphatic carbocycles. The Bertz CT molecular complexity index is 526. The summed E-state index contributed by atoms with van der Waals surface area (Å²) in [6.07, 6.45) is 4.58. The quantitative estimate of drug-likeness (QED) is 0.582. The van der Waals surface area contributed by atoms with Crippen molar-refractivity contribution in [2.24, 2.45) is 5.29 Å². The number of amides is 1. The molecule has 0 saturated heterocycles. The van der Waals surface area contributed by atoms with Crippen LogP contribution in [0.5, 0.6) is 0 Å². The lowest BCUT2D eigenvalue weighted by molar-refractivity contribution is 0.0954. The molecule has 2 heterocycles. The third kappa shape index (κ3) is 1.78. The normalized spacial score (nSPS) is 9.87. The summed E-state index contributed by atoms with van der Waals surface area (Å²) in [7, 11) is 0. The molecule has 15 heavy (non-hydrogen) atoms. The van der Waals surface area contributed by atoms with Gasteiger partial charge in [-0.25, -0.2) is 5.43 Å². The molecule has 0 aliphatic heterocycles. The van der Waals surface area contributed by atoms with E-state index < -0.39 is 5.91 Å². The molecule has 0 atom stereocenters. The van der Waals surface area contributed by atoms with E-state index in [1.165, 1.54) is 6.20 Å². The van der Waals surface area contributed by atoms with Gasteiger partial charge in [0.15, 0.2) is 0 Å². The van der Waals surface area contributed by atoms with E-state index in [-0.39, 0.29) is 5.56 Å². The molecule has 6 nitrogen and oxygen atoms in total. The van der Waals surface area contributed by atoms with Gasteiger partial charge < -0.3 is 0 Å². The van der Waals surface area contributed by atoms with Crippen LogP contribution in [0.1, 0.15) is 10.4 Å².